The quantitative estimate of drug-likeness (QED) is 0.442. The van der Waals surface area contributed by atoms with E-state index >= 15 is 0 Å². The van der Waals surface area contributed by atoms with E-state index in [0.29, 0.717) is 0 Å². The van der Waals surface area contributed by atoms with Gasteiger partial charge in [0, 0.05) is 0 Å². The minimum Gasteiger partial charge on any atom is -0.499 e. The van der Waals surface area contributed by atoms with Crippen molar-refractivity contribution in [3.8, 4) is 0 Å². The lowest BCUT2D eigenvalue weighted by Crippen LogP contribution is -2.22. The average molecular weight is 142 g/mol. The molecule has 1 N–H and O–H groups in total. The number of ether oxygens (including phenoxy) is 1. The van der Waals surface area contributed by atoms with Crippen molar-refractivity contribution in [3.05, 3.63) is 25.5 Å². The molecule has 0 radical (unpaired) electrons. The zero-order chi connectivity index (χ0) is 7.98. The second-order valence-corrected chi connectivity index (χ2v) is 1.62. The van der Waals surface area contributed by atoms with E-state index in [0.717, 1.165) is 6.08 Å². The molecule has 0 amide bonds. The molecule has 56 valence electrons. The molecule has 1 unspecified atom stereocenters. The Kier molecular flexibility index (Phi) is 4.24. The molecular formula is C7H10O3. The zero-order valence-electron chi connectivity index (χ0n) is 5.62. The fourth-order valence-corrected chi connectivity index (χ4v) is 0.377. The maximum atomic E-state index is 10.5. The fraction of sp³-hybridized carbons (Fsp3) is 0.286. The molecule has 0 aromatic rings. The molecule has 0 heterocycles. The van der Waals surface area contributed by atoms with Gasteiger partial charge in [-0.1, -0.05) is 13.2 Å². The summed E-state index contributed by atoms with van der Waals surface area (Å²) < 4.78 is 4.56. The van der Waals surface area contributed by atoms with Crippen molar-refractivity contribution < 1.29 is 14.6 Å². The normalized spacial score (nSPS) is 11.7. The largest absolute Gasteiger partial charge is 0.499 e. The highest BCUT2D eigenvalue weighted by molar-refractivity contribution is 5.92. The molecule has 0 aromatic heterocycles. The molecule has 10 heavy (non-hydrogen) atoms. The van der Waals surface area contributed by atoms with Crippen LogP contribution in [0.15, 0.2) is 25.5 Å². The summed E-state index contributed by atoms with van der Waals surface area (Å²) in [5.41, 5.74) is 0. The Morgan fingerprint density at radius 2 is 2.30 bits per heavy atom. The van der Waals surface area contributed by atoms with Crippen molar-refractivity contribution in [1.82, 2.24) is 0 Å². The molecule has 0 aliphatic carbocycles. The van der Waals surface area contributed by atoms with Crippen LogP contribution >= 0.6 is 0 Å². The molecular weight excluding hydrogens is 132 g/mol. The lowest BCUT2D eigenvalue weighted by atomic mass is 10.2. The summed E-state index contributed by atoms with van der Waals surface area (Å²) in [7, 11) is 0. The first-order valence-electron chi connectivity index (χ1n) is 2.79. The summed E-state index contributed by atoms with van der Waals surface area (Å²) in [6.45, 7) is 6.39. The summed E-state index contributed by atoms with van der Waals surface area (Å²) >= 11 is 0. The Hall–Kier alpha value is -1.09. The Morgan fingerprint density at radius 3 is 2.70 bits per heavy atom. The first-order valence-corrected chi connectivity index (χ1v) is 2.79. The summed E-state index contributed by atoms with van der Waals surface area (Å²) in [4.78, 5) is 10.5. The Labute approximate surface area is 59.6 Å². The predicted octanol–water partition coefficient (Wildman–Crippen LogP) is 0.263. The van der Waals surface area contributed by atoms with Crippen LogP contribution in [0.2, 0.25) is 0 Å². The smallest absolute Gasteiger partial charge is 0.187 e. The van der Waals surface area contributed by atoms with Gasteiger partial charge in [0.2, 0.25) is 0 Å². The SMILES string of the molecule is C=COCC(O)C(=O)C=C. The first-order chi connectivity index (χ1) is 4.72. The van der Waals surface area contributed by atoms with Crippen LogP contribution in [0.5, 0.6) is 0 Å². The third-order valence-corrected chi connectivity index (χ3v) is 0.902. The fourth-order valence-electron chi connectivity index (χ4n) is 0.377. The van der Waals surface area contributed by atoms with Gasteiger partial charge in [0.25, 0.3) is 0 Å². The summed E-state index contributed by atoms with van der Waals surface area (Å²) in [6, 6.07) is 0. The monoisotopic (exact) mass is 142 g/mol. The van der Waals surface area contributed by atoms with E-state index in [1.54, 1.807) is 0 Å². The van der Waals surface area contributed by atoms with Gasteiger partial charge in [0.1, 0.15) is 12.7 Å². The van der Waals surface area contributed by atoms with E-state index < -0.39 is 11.9 Å². The molecule has 3 heteroatoms. The Balaban J connectivity index is 3.60. The molecule has 0 saturated heterocycles. The zero-order valence-corrected chi connectivity index (χ0v) is 5.62. The van der Waals surface area contributed by atoms with Crippen molar-refractivity contribution in [3.63, 3.8) is 0 Å². The van der Waals surface area contributed by atoms with Crippen LogP contribution in [0.25, 0.3) is 0 Å². The number of rotatable bonds is 5. The van der Waals surface area contributed by atoms with Crippen molar-refractivity contribution in [2.45, 2.75) is 6.10 Å². The molecule has 0 aliphatic rings. The van der Waals surface area contributed by atoms with E-state index in [1.807, 2.05) is 0 Å². The standard InChI is InChI=1S/C7H10O3/c1-3-6(8)7(9)5-10-4-2/h3-4,7,9H,1-2,5H2. The van der Waals surface area contributed by atoms with E-state index in [2.05, 4.69) is 17.9 Å². The Morgan fingerprint density at radius 1 is 1.70 bits per heavy atom. The van der Waals surface area contributed by atoms with Gasteiger partial charge in [-0.05, 0) is 6.08 Å². The maximum Gasteiger partial charge on any atom is 0.187 e. The van der Waals surface area contributed by atoms with Crippen molar-refractivity contribution in [1.29, 1.82) is 0 Å². The topological polar surface area (TPSA) is 46.5 Å². The molecule has 0 aliphatic heterocycles. The predicted molar refractivity (Wildman–Crippen MR) is 37.4 cm³/mol. The molecule has 0 rings (SSSR count). The highest BCUT2D eigenvalue weighted by Crippen LogP contribution is 1.88. The lowest BCUT2D eigenvalue weighted by Gasteiger charge is -2.04. The van der Waals surface area contributed by atoms with Gasteiger partial charge in [-0.2, -0.15) is 0 Å². The van der Waals surface area contributed by atoms with Gasteiger partial charge >= 0.3 is 0 Å². The minimum absolute atomic E-state index is 0.0612. The number of aliphatic hydroxyl groups is 1. The lowest BCUT2D eigenvalue weighted by molar-refractivity contribution is -0.124. The van der Waals surface area contributed by atoms with Gasteiger partial charge in [-0.15, -0.1) is 0 Å². The van der Waals surface area contributed by atoms with Gasteiger partial charge < -0.3 is 9.84 Å². The average Bonchev–Trinajstić information content (AvgIpc) is 1.98. The third kappa shape index (κ3) is 3.04. The molecule has 0 saturated carbocycles. The van der Waals surface area contributed by atoms with Crippen molar-refractivity contribution >= 4 is 5.78 Å². The van der Waals surface area contributed by atoms with E-state index in [1.165, 1.54) is 6.26 Å². The number of aliphatic hydroxyl groups excluding tert-OH is 1. The number of ketones is 1. The number of carbonyl (C=O) groups is 1. The van der Waals surface area contributed by atoms with E-state index in [9.17, 15) is 4.79 Å². The van der Waals surface area contributed by atoms with Gasteiger partial charge in [0.15, 0.2) is 5.78 Å². The maximum absolute atomic E-state index is 10.5. The Bertz CT molecular complexity index is 140. The minimum atomic E-state index is -1.12. The number of hydrogen-bond donors (Lipinski definition) is 1. The van der Waals surface area contributed by atoms with Gasteiger partial charge in [-0.3, -0.25) is 4.79 Å². The highest BCUT2D eigenvalue weighted by atomic mass is 16.5. The van der Waals surface area contributed by atoms with E-state index in [-0.39, 0.29) is 6.61 Å². The van der Waals surface area contributed by atoms with Crippen LogP contribution in [0.3, 0.4) is 0 Å². The van der Waals surface area contributed by atoms with Gasteiger partial charge in [-0.25, -0.2) is 0 Å². The number of carbonyl (C=O) groups excluding carboxylic acids is 1. The summed E-state index contributed by atoms with van der Waals surface area (Å²) in [6.07, 6.45) is 1.10. The molecule has 1 atom stereocenters. The highest BCUT2D eigenvalue weighted by Gasteiger charge is 2.09. The van der Waals surface area contributed by atoms with Crippen LogP contribution in [-0.4, -0.2) is 23.6 Å². The van der Waals surface area contributed by atoms with Crippen molar-refractivity contribution in [2.75, 3.05) is 6.61 Å². The van der Waals surface area contributed by atoms with Crippen LogP contribution in [0, 0.1) is 0 Å². The number of hydrogen-bond acceptors (Lipinski definition) is 3. The summed E-state index contributed by atoms with van der Waals surface area (Å²) in [5, 5.41) is 8.86. The second kappa shape index (κ2) is 4.76. The molecule has 0 fully saturated rings. The van der Waals surface area contributed by atoms with Crippen LogP contribution in [0.4, 0.5) is 0 Å². The molecule has 0 bridgehead atoms. The van der Waals surface area contributed by atoms with Crippen LogP contribution in [0.1, 0.15) is 0 Å². The third-order valence-electron chi connectivity index (χ3n) is 0.902. The van der Waals surface area contributed by atoms with E-state index in [4.69, 9.17) is 5.11 Å². The second-order valence-electron chi connectivity index (χ2n) is 1.62. The first kappa shape index (κ1) is 8.91. The van der Waals surface area contributed by atoms with Crippen LogP contribution < -0.4 is 0 Å². The van der Waals surface area contributed by atoms with Gasteiger partial charge in [0.05, 0.1) is 6.26 Å². The molecule has 0 spiro atoms. The van der Waals surface area contributed by atoms with Crippen LogP contribution in [-0.2, 0) is 9.53 Å². The molecule has 0 aromatic carbocycles. The van der Waals surface area contributed by atoms with Crippen molar-refractivity contribution in [2.24, 2.45) is 0 Å². The molecule has 3 nitrogen and oxygen atoms in total. The summed E-state index contributed by atoms with van der Waals surface area (Å²) in [5.74, 6) is -0.443.